The van der Waals surface area contributed by atoms with Gasteiger partial charge < -0.3 is 5.73 Å². The molecule has 0 aliphatic carbocycles. The van der Waals surface area contributed by atoms with Crippen molar-refractivity contribution in [1.29, 1.82) is 0 Å². The molecule has 0 saturated carbocycles. The van der Waals surface area contributed by atoms with Crippen LogP contribution in [0.3, 0.4) is 0 Å². The van der Waals surface area contributed by atoms with Crippen molar-refractivity contribution in [2.45, 2.75) is 24.1 Å². The smallest absolute Gasteiger partial charge is 0.0234 e. The van der Waals surface area contributed by atoms with Gasteiger partial charge in [0.05, 0.1) is 0 Å². The Kier molecular flexibility index (Phi) is 4.87. The molecule has 2 aromatic carbocycles. The van der Waals surface area contributed by atoms with Crippen LogP contribution in [0.1, 0.15) is 16.7 Å². The summed E-state index contributed by atoms with van der Waals surface area (Å²) >= 11 is 5.33. The highest BCUT2D eigenvalue weighted by Crippen LogP contribution is 2.29. The van der Waals surface area contributed by atoms with E-state index in [-0.39, 0.29) is 0 Å². The zero-order chi connectivity index (χ0) is 13.0. The first-order chi connectivity index (χ1) is 8.70. The van der Waals surface area contributed by atoms with Crippen molar-refractivity contribution in [3.05, 3.63) is 63.6 Å². The molecule has 0 atom stereocenters. The number of hydrogen-bond acceptors (Lipinski definition) is 2. The van der Waals surface area contributed by atoms with Crippen molar-refractivity contribution >= 4 is 27.7 Å². The van der Waals surface area contributed by atoms with Crippen LogP contribution in [0.25, 0.3) is 0 Å². The van der Waals surface area contributed by atoms with Crippen molar-refractivity contribution in [2.24, 2.45) is 5.73 Å². The third-order valence-corrected chi connectivity index (χ3v) is 4.54. The van der Waals surface area contributed by atoms with Crippen molar-refractivity contribution in [1.82, 2.24) is 0 Å². The van der Waals surface area contributed by atoms with Gasteiger partial charge in [0.2, 0.25) is 0 Å². The molecule has 0 aliphatic heterocycles. The Hall–Kier alpha value is -0.770. The molecule has 0 aliphatic rings. The summed E-state index contributed by atoms with van der Waals surface area (Å²) < 4.78 is 1.09. The number of benzene rings is 2. The van der Waals surface area contributed by atoms with Crippen molar-refractivity contribution in [3.63, 3.8) is 0 Å². The Bertz CT molecular complexity index is 540. The van der Waals surface area contributed by atoms with Gasteiger partial charge in [-0.25, -0.2) is 0 Å². The van der Waals surface area contributed by atoms with E-state index in [1.807, 2.05) is 11.8 Å². The fourth-order valence-corrected chi connectivity index (χ4v) is 3.31. The van der Waals surface area contributed by atoms with Gasteiger partial charge in [0, 0.05) is 21.7 Å². The molecule has 2 N–H and O–H groups in total. The zero-order valence-corrected chi connectivity index (χ0v) is 12.7. The van der Waals surface area contributed by atoms with Gasteiger partial charge in [-0.2, -0.15) is 0 Å². The Morgan fingerprint density at radius 3 is 2.61 bits per heavy atom. The van der Waals surface area contributed by atoms with E-state index in [2.05, 4.69) is 65.3 Å². The molecular formula is C15H16BrNS. The molecule has 18 heavy (non-hydrogen) atoms. The van der Waals surface area contributed by atoms with Crippen LogP contribution < -0.4 is 5.73 Å². The zero-order valence-electron chi connectivity index (χ0n) is 10.3. The Morgan fingerprint density at radius 1 is 1.11 bits per heavy atom. The van der Waals surface area contributed by atoms with E-state index in [1.165, 1.54) is 21.6 Å². The molecule has 2 rings (SSSR count). The van der Waals surface area contributed by atoms with Crippen LogP contribution in [0.2, 0.25) is 0 Å². The van der Waals surface area contributed by atoms with Gasteiger partial charge in [0.1, 0.15) is 0 Å². The summed E-state index contributed by atoms with van der Waals surface area (Å²) in [5.74, 6) is 0.987. The van der Waals surface area contributed by atoms with E-state index in [9.17, 15) is 0 Å². The third-order valence-electron chi connectivity index (χ3n) is 2.89. The predicted molar refractivity (Wildman–Crippen MR) is 82.8 cm³/mol. The van der Waals surface area contributed by atoms with Crippen LogP contribution in [-0.2, 0) is 12.3 Å². The highest BCUT2D eigenvalue weighted by atomic mass is 79.9. The summed E-state index contributed by atoms with van der Waals surface area (Å²) in [5, 5.41) is 0. The quantitative estimate of drug-likeness (QED) is 0.838. The van der Waals surface area contributed by atoms with Crippen LogP contribution >= 0.6 is 27.7 Å². The summed E-state index contributed by atoms with van der Waals surface area (Å²) in [5.41, 5.74) is 9.71. The molecule has 1 nitrogen and oxygen atoms in total. The summed E-state index contributed by atoms with van der Waals surface area (Å²) in [6.07, 6.45) is 0. The van der Waals surface area contributed by atoms with Crippen LogP contribution in [0, 0.1) is 6.92 Å². The van der Waals surface area contributed by atoms with E-state index in [0.717, 1.165) is 10.2 Å². The molecule has 3 heteroatoms. The first-order valence-electron chi connectivity index (χ1n) is 5.86. The number of halogens is 1. The number of thioether (sulfide) groups is 1. The van der Waals surface area contributed by atoms with Crippen LogP contribution in [0.15, 0.2) is 51.8 Å². The summed E-state index contributed by atoms with van der Waals surface area (Å²) in [6.45, 7) is 2.73. The monoisotopic (exact) mass is 321 g/mol. The molecule has 0 amide bonds. The van der Waals surface area contributed by atoms with E-state index in [4.69, 9.17) is 5.73 Å². The van der Waals surface area contributed by atoms with E-state index in [1.54, 1.807) is 0 Å². The summed E-state index contributed by atoms with van der Waals surface area (Å²) in [4.78, 5) is 1.27. The maximum absolute atomic E-state index is 5.78. The van der Waals surface area contributed by atoms with Crippen LogP contribution in [-0.4, -0.2) is 0 Å². The second kappa shape index (κ2) is 6.41. The average Bonchev–Trinajstić information content (AvgIpc) is 2.39. The normalized spacial score (nSPS) is 10.6. The van der Waals surface area contributed by atoms with E-state index in [0.29, 0.717) is 6.54 Å². The van der Waals surface area contributed by atoms with E-state index >= 15 is 0 Å². The van der Waals surface area contributed by atoms with Crippen LogP contribution in [0.5, 0.6) is 0 Å². The van der Waals surface area contributed by atoms with Gasteiger partial charge in [-0.1, -0.05) is 40.2 Å². The number of hydrogen-bond donors (Lipinski definition) is 1. The molecule has 0 bridgehead atoms. The lowest BCUT2D eigenvalue weighted by Gasteiger charge is -2.09. The highest BCUT2D eigenvalue weighted by molar-refractivity contribution is 9.10. The second-order valence-electron chi connectivity index (χ2n) is 4.17. The standard InChI is InChI=1S/C15H16BrNS/c1-11-4-2-3-5-12(11)10-18-15-7-6-14(16)8-13(15)9-17/h2-8H,9-10,17H2,1H3. The summed E-state index contributed by atoms with van der Waals surface area (Å²) in [6, 6.07) is 14.8. The van der Waals surface area contributed by atoms with Gasteiger partial charge in [-0.05, 0) is 41.8 Å². The average molecular weight is 322 g/mol. The maximum atomic E-state index is 5.78. The molecule has 94 valence electrons. The maximum Gasteiger partial charge on any atom is 0.0234 e. The Balaban J connectivity index is 2.13. The molecule has 0 spiro atoms. The molecule has 0 radical (unpaired) electrons. The summed E-state index contributed by atoms with van der Waals surface area (Å²) in [7, 11) is 0. The minimum absolute atomic E-state index is 0.579. The van der Waals surface area contributed by atoms with Crippen molar-refractivity contribution < 1.29 is 0 Å². The van der Waals surface area contributed by atoms with Gasteiger partial charge >= 0.3 is 0 Å². The topological polar surface area (TPSA) is 26.0 Å². The molecule has 0 heterocycles. The lowest BCUT2D eigenvalue weighted by Crippen LogP contribution is -1.98. The van der Waals surface area contributed by atoms with Gasteiger partial charge in [-0.3, -0.25) is 0 Å². The first kappa shape index (κ1) is 13.7. The predicted octanol–water partition coefficient (Wildman–Crippen LogP) is 4.51. The largest absolute Gasteiger partial charge is 0.326 e. The first-order valence-corrected chi connectivity index (χ1v) is 7.64. The second-order valence-corrected chi connectivity index (χ2v) is 6.10. The molecule has 0 unspecified atom stereocenters. The van der Waals surface area contributed by atoms with Crippen LogP contribution in [0.4, 0.5) is 0 Å². The number of aryl methyl sites for hydroxylation is 1. The molecule has 0 saturated heterocycles. The van der Waals surface area contributed by atoms with Gasteiger partial charge in [0.25, 0.3) is 0 Å². The molecule has 2 aromatic rings. The Labute approximate surface area is 121 Å². The fraction of sp³-hybridized carbons (Fsp3) is 0.200. The fourth-order valence-electron chi connectivity index (χ4n) is 1.78. The number of nitrogens with two attached hydrogens (primary N) is 1. The molecular weight excluding hydrogens is 306 g/mol. The molecule has 0 fully saturated rings. The van der Waals surface area contributed by atoms with E-state index < -0.39 is 0 Å². The Morgan fingerprint density at radius 2 is 1.89 bits per heavy atom. The van der Waals surface area contributed by atoms with Gasteiger partial charge in [0.15, 0.2) is 0 Å². The van der Waals surface area contributed by atoms with Crippen molar-refractivity contribution in [3.8, 4) is 0 Å². The van der Waals surface area contributed by atoms with Gasteiger partial charge in [-0.15, -0.1) is 11.8 Å². The highest BCUT2D eigenvalue weighted by Gasteiger charge is 2.04. The lowest BCUT2D eigenvalue weighted by atomic mass is 10.1. The SMILES string of the molecule is Cc1ccccc1CSc1ccc(Br)cc1CN. The molecule has 0 aromatic heterocycles. The minimum Gasteiger partial charge on any atom is -0.326 e. The van der Waals surface area contributed by atoms with Crippen molar-refractivity contribution in [2.75, 3.05) is 0 Å². The minimum atomic E-state index is 0.579. The third kappa shape index (κ3) is 3.37. The number of rotatable bonds is 4. The lowest BCUT2D eigenvalue weighted by molar-refractivity contribution is 1.02.